The number of nitrogens with zero attached hydrogens (tertiary/aromatic N) is 2. The second-order valence-corrected chi connectivity index (χ2v) is 2.58. The summed E-state index contributed by atoms with van der Waals surface area (Å²) in [7, 11) is 0. The molecule has 0 unspecified atom stereocenters. The van der Waals surface area contributed by atoms with Gasteiger partial charge in [0.2, 0.25) is 0 Å². The van der Waals surface area contributed by atoms with E-state index in [2.05, 4.69) is 21.2 Å². The maximum absolute atomic E-state index is 13.2. The van der Waals surface area contributed by atoms with Crippen LogP contribution in [0.4, 0.5) is 10.2 Å². The van der Waals surface area contributed by atoms with Gasteiger partial charge in [0, 0.05) is 0 Å². The molecule has 0 aliphatic heterocycles. The molecule has 1 heterocycles. The third kappa shape index (κ3) is 2.15. The van der Waals surface area contributed by atoms with E-state index in [-0.39, 0.29) is 12.4 Å². The summed E-state index contributed by atoms with van der Waals surface area (Å²) >= 11 is 0. The van der Waals surface area contributed by atoms with Crippen molar-refractivity contribution in [3.05, 3.63) is 17.3 Å². The first kappa shape index (κ1) is 9.46. The molecule has 13 heavy (non-hydrogen) atoms. The van der Waals surface area contributed by atoms with Crippen LogP contribution in [0.2, 0.25) is 0 Å². The van der Waals surface area contributed by atoms with Crippen molar-refractivity contribution in [1.82, 2.24) is 9.97 Å². The largest absolute Gasteiger partial charge is 0.357 e. The summed E-state index contributed by atoms with van der Waals surface area (Å²) < 4.78 is 13.2. The first-order valence-electron chi connectivity index (χ1n) is 3.83. The lowest BCUT2D eigenvalue weighted by Gasteiger charge is -2.05. The maximum atomic E-state index is 13.2. The molecule has 68 valence electrons. The molecule has 3 nitrogen and oxygen atoms in total. The van der Waals surface area contributed by atoms with Crippen LogP contribution in [0.3, 0.4) is 0 Å². The van der Waals surface area contributed by atoms with Gasteiger partial charge in [0.15, 0.2) is 11.6 Å². The first-order valence-corrected chi connectivity index (χ1v) is 3.83. The van der Waals surface area contributed by atoms with Crippen LogP contribution in [0.25, 0.3) is 0 Å². The fourth-order valence-corrected chi connectivity index (χ4v) is 0.951. The van der Waals surface area contributed by atoms with Crippen LogP contribution in [0.5, 0.6) is 0 Å². The van der Waals surface area contributed by atoms with Crippen molar-refractivity contribution in [2.24, 2.45) is 0 Å². The number of terminal acetylenes is 1. The predicted molar refractivity (Wildman–Crippen MR) is 48.8 cm³/mol. The molecule has 0 radical (unpaired) electrons. The third-order valence-corrected chi connectivity index (χ3v) is 1.49. The number of rotatable bonds is 2. The van der Waals surface area contributed by atoms with Crippen LogP contribution in [-0.4, -0.2) is 16.5 Å². The molecule has 0 aromatic carbocycles. The van der Waals surface area contributed by atoms with Gasteiger partial charge in [0.05, 0.1) is 12.2 Å². The molecule has 0 aliphatic carbocycles. The second kappa shape index (κ2) is 3.85. The van der Waals surface area contributed by atoms with Gasteiger partial charge in [-0.3, -0.25) is 0 Å². The Morgan fingerprint density at radius 2 is 2.15 bits per heavy atom. The third-order valence-electron chi connectivity index (χ3n) is 1.49. The van der Waals surface area contributed by atoms with Gasteiger partial charge in [-0.2, -0.15) is 0 Å². The molecule has 0 bridgehead atoms. The zero-order valence-corrected chi connectivity index (χ0v) is 7.56. The summed E-state index contributed by atoms with van der Waals surface area (Å²) in [4.78, 5) is 7.74. The summed E-state index contributed by atoms with van der Waals surface area (Å²) in [5.74, 6) is 2.60. The van der Waals surface area contributed by atoms with E-state index in [0.717, 1.165) is 0 Å². The van der Waals surface area contributed by atoms with E-state index in [1.165, 1.54) is 0 Å². The Bertz CT molecular complexity index is 355. The van der Waals surface area contributed by atoms with Crippen molar-refractivity contribution in [2.45, 2.75) is 13.8 Å². The molecule has 1 N–H and O–H groups in total. The smallest absolute Gasteiger partial charge is 0.186 e. The summed E-state index contributed by atoms with van der Waals surface area (Å²) in [5.41, 5.74) is 0.326. The quantitative estimate of drug-likeness (QED) is 0.695. The van der Waals surface area contributed by atoms with Gasteiger partial charge in [-0.25, -0.2) is 14.4 Å². The van der Waals surface area contributed by atoms with Gasteiger partial charge in [0.25, 0.3) is 0 Å². The van der Waals surface area contributed by atoms with Gasteiger partial charge in [-0.05, 0) is 13.8 Å². The fraction of sp³-hybridized carbons (Fsp3) is 0.333. The number of anilines is 1. The number of aromatic nitrogens is 2. The van der Waals surface area contributed by atoms with Crippen LogP contribution in [0.15, 0.2) is 0 Å². The van der Waals surface area contributed by atoms with E-state index >= 15 is 0 Å². The molecule has 0 saturated heterocycles. The molecule has 4 heteroatoms. The van der Waals surface area contributed by atoms with Crippen molar-refractivity contribution in [1.29, 1.82) is 0 Å². The van der Waals surface area contributed by atoms with Crippen LogP contribution >= 0.6 is 0 Å². The molecule has 0 amide bonds. The predicted octanol–water partition coefficient (Wildman–Crippen LogP) is 1.28. The molecule has 1 rings (SSSR count). The van der Waals surface area contributed by atoms with Crippen molar-refractivity contribution in [3.63, 3.8) is 0 Å². The first-order chi connectivity index (χ1) is 6.15. The van der Waals surface area contributed by atoms with Crippen molar-refractivity contribution in [2.75, 3.05) is 11.9 Å². The average Bonchev–Trinajstić information content (AvgIpc) is 2.09. The van der Waals surface area contributed by atoms with Gasteiger partial charge in [0.1, 0.15) is 5.82 Å². The minimum absolute atomic E-state index is 0.169. The second-order valence-electron chi connectivity index (χ2n) is 2.58. The van der Waals surface area contributed by atoms with Crippen molar-refractivity contribution >= 4 is 5.82 Å². The highest BCUT2D eigenvalue weighted by atomic mass is 19.1. The summed E-state index contributed by atoms with van der Waals surface area (Å²) in [6.45, 7) is 3.55. The van der Waals surface area contributed by atoms with Crippen LogP contribution < -0.4 is 5.32 Å². The molecule has 0 saturated carbocycles. The van der Waals surface area contributed by atoms with Crippen molar-refractivity contribution in [3.8, 4) is 12.3 Å². The average molecular weight is 179 g/mol. The van der Waals surface area contributed by atoms with Gasteiger partial charge in [-0.1, -0.05) is 5.92 Å². The fourth-order valence-electron chi connectivity index (χ4n) is 0.951. The Balaban J connectivity index is 3.00. The lowest BCUT2D eigenvalue weighted by atomic mass is 10.4. The topological polar surface area (TPSA) is 37.8 Å². The Morgan fingerprint density at radius 1 is 1.46 bits per heavy atom. The van der Waals surface area contributed by atoms with E-state index in [9.17, 15) is 4.39 Å². The molecule has 1 aromatic rings. The van der Waals surface area contributed by atoms with Gasteiger partial charge < -0.3 is 5.32 Å². The Hall–Kier alpha value is -1.63. The summed E-state index contributed by atoms with van der Waals surface area (Å²) in [5, 5.41) is 2.68. The normalized spacial score (nSPS) is 9.38. The Labute approximate surface area is 76.4 Å². The molecule has 0 atom stereocenters. The SMILES string of the molecule is C#CCNc1nc(C)nc(C)c1F. The Morgan fingerprint density at radius 3 is 2.77 bits per heavy atom. The highest BCUT2D eigenvalue weighted by Crippen LogP contribution is 2.12. The lowest BCUT2D eigenvalue weighted by Crippen LogP contribution is -2.07. The molecular weight excluding hydrogens is 169 g/mol. The highest BCUT2D eigenvalue weighted by molar-refractivity contribution is 5.39. The van der Waals surface area contributed by atoms with E-state index < -0.39 is 5.82 Å². The number of hydrogen-bond acceptors (Lipinski definition) is 3. The van der Waals surface area contributed by atoms with E-state index in [0.29, 0.717) is 11.5 Å². The molecule has 0 spiro atoms. The Kier molecular flexibility index (Phi) is 2.80. The summed E-state index contributed by atoms with van der Waals surface area (Å²) in [6.07, 6.45) is 5.02. The standard InChI is InChI=1S/C9H10FN3/c1-4-5-11-9-8(10)6(2)12-7(3)13-9/h1H,5H2,2-3H3,(H,11,12,13). The number of nitrogens with one attached hydrogen (secondary N) is 1. The highest BCUT2D eigenvalue weighted by Gasteiger charge is 2.07. The van der Waals surface area contributed by atoms with Crippen LogP contribution in [-0.2, 0) is 0 Å². The molecule has 1 aromatic heterocycles. The number of aryl methyl sites for hydroxylation is 2. The van der Waals surface area contributed by atoms with Crippen molar-refractivity contribution < 1.29 is 4.39 Å². The zero-order valence-electron chi connectivity index (χ0n) is 7.56. The van der Waals surface area contributed by atoms with E-state index in [1.807, 2.05) is 0 Å². The molecular formula is C9H10FN3. The molecule has 0 aliphatic rings. The monoisotopic (exact) mass is 179 g/mol. The molecule has 0 fully saturated rings. The minimum atomic E-state index is -0.444. The van der Waals surface area contributed by atoms with Gasteiger partial charge >= 0.3 is 0 Å². The van der Waals surface area contributed by atoms with Crippen LogP contribution in [0.1, 0.15) is 11.5 Å². The summed E-state index contributed by atoms with van der Waals surface area (Å²) in [6, 6.07) is 0. The number of halogens is 1. The number of hydrogen-bond donors (Lipinski definition) is 1. The lowest BCUT2D eigenvalue weighted by molar-refractivity contribution is 0.603. The van der Waals surface area contributed by atoms with E-state index in [1.54, 1.807) is 13.8 Å². The van der Waals surface area contributed by atoms with E-state index in [4.69, 9.17) is 6.42 Å². The minimum Gasteiger partial charge on any atom is -0.357 e. The van der Waals surface area contributed by atoms with Crippen LogP contribution in [0, 0.1) is 32.0 Å². The van der Waals surface area contributed by atoms with Gasteiger partial charge in [-0.15, -0.1) is 6.42 Å². The maximum Gasteiger partial charge on any atom is 0.186 e. The zero-order chi connectivity index (χ0) is 9.84.